The third kappa shape index (κ3) is 6.03. The van der Waals surface area contributed by atoms with E-state index in [9.17, 15) is 9.18 Å². The molecule has 1 rings (SSSR count). The van der Waals surface area contributed by atoms with Crippen LogP contribution in [0.3, 0.4) is 0 Å². The summed E-state index contributed by atoms with van der Waals surface area (Å²) < 4.78 is 13.4. The van der Waals surface area contributed by atoms with Gasteiger partial charge in [0.15, 0.2) is 0 Å². The molecule has 5 heteroatoms. The number of nitrogens with zero attached hydrogens (tertiary/aromatic N) is 1. The van der Waals surface area contributed by atoms with Crippen molar-refractivity contribution >= 4 is 11.7 Å². The van der Waals surface area contributed by atoms with Gasteiger partial charge in [0.2, 0.25) is 5.91 Å². The van der Waals surface area contributed by atoms with Crippen LogP contribution in [0.25, 0.3) is 0 Å². The summed E-state index contributed by atoms with van der Waals surface area (Å²) >= 11 is 0. The van der Waals surface area contributed by atoms with Gasteiger partial charge in [0.05, 0.1) is 5.70 Å². The van der Waals surface area contributed by atoms with Crippen LogP contribution in [0.2, 0.25) is 0 Å². The van der Waals surface area contributed by atoms with E-state index in [0.717, 1.165) is 11.1 Å². The van der Waals surface area contributed by atoms with Crippen molar-refractivity contribution in [2.45, 2.75) is 26.7 Å². The molecule has 0 aromatic carbocycles. The normalized spacial score (nSPS) is 12.1. The first-order valence-corrected chi connectivity index (χ1v) is 6.62. The number of halogens is 1. The number of anilines is 1. The lowest BCUT2D eigenvalue weighted by molar-refractivity contribution is -0.114. The number of allylic oxidation sites excluding steroid dienone is 4. The number of rotatable bonds is 6. The highest BCUT2D eigenvalue weighted by molar-refractivity contribution is 5.87. The van der Waals surface area contributed by atoms with E-state index < -0.39 is 5.83 Å². The number of pyridine rings is 1. The average molecular weight is 289 g/mol. The predicted molar refractivity (Wildman–Crippen MR) is 83.1 cm³/mol. The summed E-state index contributed by atoms with van der Waals surface area (Å²) in [6, 6.07) is 3.66. The maximum atomic E-state index is 13.4. The number of nitrogens with two attached hydrogens (primary N) is 1. The molecule has 0 saturated carbocycles. The highest BCUT2D eigenvalue weighted by Crippen LogP contribution is 2.16. The van der Waals surface area contributed by atoms with Crippen molar-refractivity contribution in [1.82, 2.24) is 4.98 Å². The second kappa shape index (κ2) is 7.99. The monoisotopic (exact) mass is 289 g/mol. The van der Waals surface area contributed by atoms with E-state index in [0.29, 0.717) is 18.7 Å². The van der Waals surface area contributed by atoms with Crippen molar-refractivity contribution < 1.29 is 9.18 Å². The van der Waals surface area contributed by atoms with Crippen molar-refractivity contribution in [1.29, 1.82) is 0 Å². The number of nitrogens with one attached hydrogen (secondary N) is 1. The molecule has 0 bridgehead atoms. The first-order valence-electron chi connectivity index (χ1n) is 6.62. The molecule has 0 aliphatic rings. The zero-order valence-corrected chi connectivity index (χ0v) is 12.3. The molecule has 0 fully saturated rings. The van der Waals surface area contributed by atoms with Crippen LogP contribution in [0, 0.1) is 0 Å². The van der Waals surface area contributed by atoms with Crippen LogP contribution in [-0.4, -0.2) is 10.9 Å². The first kappa shape index (κ1) is 16.6. The Hall–Kier alpha value is -2.43. The summed E-state index contributed by atoms with van der Waals surface area (Å²) in [6.07, 6.45) is 6.21. The summed E-state index contributed by atoms with van der Waals surface area (Å²) in [5.41, 5.74) is 7.06. The van der Waals surface area contributed by atoms with Gasteiger partial charge in [-0.1, -0.05) is 12.7 Å². The molecular formula is C16H20FN3O. The summed E-state index contributed by atoms with van der Waals surface area (Å²) in [6.45, 7) is 6.63. The second-order valence-corrected chi connectivity index (χ2v) is 4.61. The predicted octanol–water partition coefficient (Wildman–Crippen LogP) is 3.24. The first-order chi connectivity index (χ1) is 9.92. The molecule has 21 heavy (non-hydrogen) atoms. The molecule has 3 N–H and O–H groups in total. The molecule has 0 aliphatic carbocycles. The molecule has 0 spiro atoms. The van der Waals surface area contributed by atoms with Crippen LogP contribution >= 0.6 is 0 Å². The molecule has 0 radical (unpaired) electrons. The number of hydrogen-bond acceptors (Lipinski definition) is 3. The Morgan fingerprint density at radius 2 is 2.29 bits per heavy atom. The van der Waals surface area contributed by atoms with Gasteiger partial charge in [0.1, 0.15) is 11.6 Å². The minimum absolute atomic E-state index is 0.0776. The largest absolute Gasteiger partial charge is 0.397 e. The summed E-state index contributed by atoms with van der Waals surface area (Å²) in [4.78, 5) is 15.0. The van der Waals surface area contributed by atoms with Crippen LogP contribution < -0.4 is 11.1 Å². The van der Waals surface area contributed by atoms with Crippen LogP contribution in [0.15, 0.2) is 54.2 Å². The standard InChI is InChI=1S/C16H20FN3O/c1-4-13(9-15(17)11(2)18)5-6-14-7-8-19-16(10-14)20-12(3)21/h4,7-10H,2,5-6,18H2,1,3H3,(H,19,20,21)/b13-4-,15-9+. The Morgan fingerprint density at radius 3 is 2.86 bits per heavy atom. The number of hydrogen-bond donors (Lipinski definition) is 2. The van der Waals surface area contributed by atoms with Crippen molar-refractivity contribution in [3.63, 3.8) is 0 Å². The zero-order valence-electron chi connectivity index (χ0n) is 12.3. The Bertz CT molecular complexity index is 591. The van der Waals surface area contributed by atoms with E-state index >= 15 is 0 Å². The topological polar surface area (TPSA) is 68.0 Å². The number of amides is 1. The molecule has 1 aromatic heterocycles. The van der Waals surface area contributed by atoms with Crippen LogP contribution in [-0.2, 0) is 11.2 Å². The smallest absolute Gasteiger partial charge is 0.222 e. The fourth-order valence-electron chi connectivity index (χ4n) is 1.72. The third-order valence-corrected chi connectivity index (χ3v) is 2.82. The highest BCUT2D eigenvalue weighted by Gasteiger charge is 2.03. The Kier molecular flexibility index (Phi) is 6.33. The van der Waals surface area contributed by atoms with Gasteiger partial charge < -0.3 is 11.1 Å². The van der Waals surface area contributed by atoms with Gasteiger partial charge >= 0.3 is 0 Å². The van der Waals surface area contributed by atoms with E-state index in [1.807, 2.05) is 19.1 Å². The van der Waals surface area contributed by atoms with Crippen molar-refractivity contribution in [3.05, 3.63) is 59.7 Å². The number of aromatic nitrogens is 1. The Balaban J connectivity index is 2.72. The van der Waals surface area contributed by atoms with Crippen molar-refractivity contribution in [3.8, 4) is 0 Å². The van der Waals surface area contributed by atoms with Crippen LogP contribution in [0.1, 0.15) is 25.8 Å². The maximum Gasteiger partial charge on any atom is 0.222 e. The molecule has 0 aliphatic heterocycles. The molecular weight excluding hydrogens is 269 g/mol. The fraction of sp³-hybridized carbons (Fsp3) is 0.250. The van der Waals surface area contributed by atoms with Crippen molar-refractivity contribution in [2.75, 3.05) is 5.32 Å². The molecule has 0 atom stereocenters. The Labute approximate surface area is 124 Å². The third-order valence-electron chi connectivity index (χ3n) is 2.82. The van der Waals surface area contributed by atoms with E-state index in [2.05, 4.69) is 16.9 Å². The van der Waals surface area contributed by atoms with E-state index in [-0.39, 0.29) is 11.6 Å². The SMILES string of the molecule is C=C(N)/C(F)=C\C(=C/C)CCc1ccnc(NC(C)=O)c1. The fourth-order valence-corrected chi connectivity index (χ4v) is 1.72. The van der Waals surface area contributed by atoms with Crippen molar-refractivity contribution in [2.24, 2.45) is 5.73 Å². The maximum absolute atomic E-state index is 13.4. The van der Waals surface area contributed by atoms with Crippen LogP contribution in [0.4, 0.5) is 10.2 Å². The molecule has 1 amide bonds. The minimum atomic E-state index is -0.517. The van der Waals surface area contributed by atoms with Gasteiger partial charge in [-0.05, 0) is 49.1 Å². The average Bonchev–Trinajstić information content (AvgIpc) is 2.42. The quantitative estimate of drug-likeness (QED) is 0.790. The number of carbonyl (C=O) groups is 1. The molecule has 0 saturated heterocycles. The highest BCUT2D eigenvalue weighted by atomic mass is 19.1. The lowest BCUT2D eigenvalue weighted by Crippen LogP contribution is -2.07. The molecule has 0 unspecified atom stereocenters. The van der Waals surface area contributed by atoms with E-state index in [4.69, 9.17) is 5.73 Å². The van der Waals surface area contributed by atoms with Gasteiger partial charge in [-0.3, -0.25) is 4.79 Å². The van der Waals surface area contributed by atoms with Gasteiger partial charge in [-0.2, -0.15) is 0 Å². The molecule has 4 nitrogen and oxygen atoms in total. The number of aryl methyl sites for hydroxylation is 1. The Morgan fingerprint density at radius 1 is 1.57 bits per heavy atom. The molecule has 1 heterocycles. The molecule has 112 valence electrons. The zero-order chi connectivity index (χ0) is 15.8. The van der Waals surface area contributed by atoms with E-state index in [1.54, 1.807) is 12.3 Å². The van der Waals surface area contributed by atoms with Crippen LogP contribution in [0.5, 0.6) is 0 Å². The van der Waals surface area contributed by atoms with E-state index in [1.165, 1.54) is 13.0 Å². The second-order valence-electron chi connectivity index (χ2n) is 4.61. The minimum Gasteiger partial charge on any atom is -0.397 e. The molecule has 1 aromatic rings. The lowest BCUT2D eigenvalue weighted by Gasteiger charge is -2.06. The van der Waals surface area contributed by atoms with Gasteiger partial charge in [0, 0.05) is 13.1 Å². The van der Waals surface area contributed by atoms with Gasteiger partial charge in [-0.25, -0.2) is 9.37 Å². The number of carbonyl (C=O) groups excluding carboxylic acids is 1. The van der Waals surface area contributed by atoms with Gasteiger partial charge in [0.25, 0.3) is 0 Å². The summed E-state index contributed by atoms with van der Waals surface area (Å²) in [5.74, 6) is -0.170. The van der Waals surface area contributed by atoms with Gasteiger partial charge in [-0.15, -0.1) is 0 Å². The lowest BCUT2D eigenvalue weighted by atomic mass is 10.0. The summed E-state index contributed by atoms with van der Waals surface area (Å²) in [7, 11) is 0. The summed E-state index contributed by atoms with van der Waals surface area (Å²) in [5, 5.41) is 2.63.